The molecule has 0 bridgehead atoms. The number of halogens is 1. The molecule has 0 aliphatic rings. The molecule has 1 aromatic carbocycles. The summed E-state index contributed by atoms with van der Waals surface area (Å²) in [6, 6.07) is 7.99. The van der Waals surface area contributed by atoms with Crippen LogP contribution in [0.3, 0.4) is 0 Å². The van der Waals surface area contributed by atoms with Crippen molar-refractivity contribution in [1.29, 1.82) is 0 Å². The van der Waals surface area contributed by atoms with Gasteiger partial charge in [0.25, 0.3) is 0 Å². The van der Waals surface area contributed by atoms with Crippen molar-refractivity contribution in [2.24, 2.45) is 0 Å². The molecular formula is C11H8BrN. The number of pyridine rings is 1. The lowest BCUT2D eigenvalue weighted by Crippen LogP contribution is -1.82. The lowest BCUT2D eigenvalue weighted by atomic mass is 10.1. The van der Waals surface area contributed by atoms with E-state index in [4.69, 9.17) is 0 Å². The van der Waals surface area contributed by atoms with Gasteiger partial charge in [-0.05, 0) is 12.1 Å². The zero-order valence-corrected chi connectivity index (χ0v) is 8.58. The van der Waals surface area contributed by atoms with E-state index in [0.717, 1.165) is 20.9 Å². The second-order valence-corrected chi connectivity index (χ2v) is 3.59. The van der Waals surface area contributed by atoms with Crippen LogP contribution in [0.25, 0.3) is 17.0 Å². The van der Waals surface area contributed by atoms with Gasteiger partial charge < -0.3 is 0 Å². The molecule has 0 radical (unpaired) electrons. The summed E-state index contributed by atoms with van der Waals surface area (Å²) in [6.45, 7) is 3.76. The average molecular weight is 234 g/mol. The molecule has 64 valence electrons. The van der Waals surface area contributed by atoms with E-state index in [1.54, 1.807) is 6.20 Å². The predicted octanol–water partition coefficient (Wildman–Crippen LogP) is 3.64. The molecule has 0 amide bonds. The molecule has 0 fully saturated rings. The second kappa shape index (κ2) is 3.30. The van der Waals surface area contributed by atoms with Crippen molar-refractivity contribution >= 4 is 32.9 Å². The SMILES string of the molecule is C=Cc1ccc(Br)c2cccnc12. The predicted molar refractivity (Wildman–Crippen MR) is 59.5 cm³/mol. The highest BCUT2D eigenvalue weighted by atomic mass is 79.9. The molecule has 0 spiro atoms. The Labute approximate surface area is 85.2 Å². The van der Waals surface area contributed by atoms with Crippen LogP contribution in [0.1, 0.15) is 5.56 Å². The van der Waals surface area contributed by atoms with E-state index in [9.17, 15) is 0 Å². The van der Waals surface area contributed by atoms with Crippen LogP contribution in [-0.4, -0.2) is 4.98 Å². The van der Waals surface area contributed by atoms with E-state index < -0.39 is 0 Å². The van der Waals surface area contributed by atoms with Crippen LogP contribution in [-0.2, 0) is 0 Å². The van der Waals surface area contributed by atoms with Gasteiger partial charge in [-0.1, -0.05) is 40.7 Å². The fourth-order valence-electron chi connectivity index (χ4n) is 1.32. The number of fused-ring (bicyclic) bond motifs is 1. The normalized spacial score (nSPS) is 10.2. The Morgan fingerprint density at radius 2 is 2.15 bits per heavy atom. The molecule has 2 aromatic rings. The average Bonchev–Trinajstić information content (AvgIpc) is 2.19. The van der Waals surface area contributed by atoms with Crippen LogP contribution in [0.2, 0.25) is 0 Å². The molecule has 2 rings (SSSR count). The van der Waals surface area contributed by atoms with E-state index in [1.165, 1.54) is 0 Å². The zero-order valence-electron chi connectivity index (χ0n) is 7.00. The summed E-state index contributed by atoms with van der Waals surface area (Å²) in [5.74, 6) is 0. The van der Waals surface area contributed by atoms with Gasteiger partial charge in [0, 0.05) is 21.6 Å². The Kier molecular flexibility index (Phi) is 2.15. The minimum Gasteiger partial charge on any atom is -0.256 e. The van der Waals surface area contributed by atoms with E-state index in [1.807, 2.05) is 30.3 Å². The van der Waals surface area contributed by atoms with Crippen molar-refractivity contribution in [3.63, 3.8) is 0 Å². The maximum atomic E-state index is 4.31. The Morgan fingerprint density at radius 1 is 1.31 bits per heavy atom. The first-order chi connectivity index (χ1) is 6.33. The minimum atomic E-state index is 0.992. The third-order valence-electron chi connectivity index (χ3n) is 1.97. The lowest BCUT2D eigenvalue weighted by Gasteiger charge is -2.02. The summed E-state index contributed by atoms with van der Waals surface area (Å²) < 4.78 is 1.07. The van der Waals surface area contributed by atoms with Gasteiger partial charge in [0.1, 0.15) is 0 Å². The number of benzene rings is 1. The van der Waals surface area contributed by atoms with Crippen molar-refractivity contribution in [2.45, 2.75) is 0 Å². The molecule has 1 nitrogen and oxygen atoms in total. The topological polar surface area (TPSA) is 12.9 Å². The van der Waals surface area contributed by atoms with E-state index in [0.29, 0.717) is 0 Å². The molecule has 0 unspecified atom stereocenters. The van der Waals surface area contributed by atoms with Crippen LogP contribution in [0.15, 0.2) is 41.5 Å². The number of rotatable bonds is 1. The molecule has 0 saturated carbocycles. The van der Waals surface area contributed by atoms with Crippen LogP contribution in [0.4, 0.5) is 0 Å². The first-order valence-electron chi connectivity index (χ1n) is 3.98. The zero-order chi connectivity index (χ0) is 9.26. The summed E-state index contributed by atoms with van der Waals surface area (Å²) in [7, 11) is 0. The maximum absolute atomic E-state index is 4.31. The van der Waals surface area contributed by atoms with Crippen LogP contribution in [0.5, 0.6) is 0 Å². The standard InChI is InChI=1S/C11H8BrN/c1-2-8-5-6-10(12)9-4-3-7-13-11(8)9/h2-7H,1H2. The lowest BCUT2D eigenvalue weighted by molar-refractivity contribution is 1.40. The number of aromatic nitrogens is 1. The monoisotopic (exact) mass is 233 g/mol. The number of nitrogens with zero attached hydrogens (tertiary/aromatic N) is 1. The van der Waals surface area contributed by atoms with Gasteiger partial charge in [-0.2, -0.15) is 0 Å². The second-order valence-electron chi connectivity index (χ2n) is 2.74. The van der Waals surface area contributed by atoms with Crippen molar-refractivity contribution in [2.75, 3.05) is 0 Å². The Hall–Kier alpha value is -1.15. The third-order valence-corrected chi connectivity index (χ3v) is 2.66. The Bertz CT molecular complexity index is 463. The van der Waals surface area contributed by atoms with Gasteiger partial charge in [-0.25, -0.2) is 0 Å². The highest BCUT2D eigenvalue weighted by Gasteiger charge is 2.01. The Morgan fingerprint density at radius 3 is 2.92 bits per heavy atom. The number of hydrogen-bond donors (Lipinski definition) is 0. The summed E-state index contributed by atoms with van der Waals surface area (Å²) in [5.41, 5.74) is 2.06. The third kappa shape index (κ3) is 1.38. The van der Waals surface area contributed by atoms with Crippen LogP contribution >= 0.6 is 15.9 Å². The van der Waals surface area contributed by atoms with Gasteiger partial charge in [0.2, 0.25) is 0 Å². The first kappa shape index (κ1) is 8.45. The van der Waals surface area contributed by atoms with Crippen LogP contribution in [0, 0.1) is 0 Å². The van der Waals surface area contributed by atoms with Crippen molar-refractivity contribution < 1.29 is 0 Å². The van der Waals surface area contributed by atoms with Gasteiger partial charge in [-0.15, -0.1) is 0 Å². The summed E-state index contributed by atoms with van der Waals surface area (Å²) in [4.78, 5) is 4.31. The molecule has 0 atom stereocenters. The van der Waals surface area contributed by atoms with Crippen molar-refractivity contribution in [3.05, 3.63) is 47.1 Å². The Balaban J connectivity index is 2.92. The quantitative estimate of drug-likeness (QED) is 0.733. The highest BCUT2D eigenvalue weighted by molar-refractivity contribution is 9.10. The van der Waals surface area contributed by atoms with Gasteiger partial charge in [0.05, 0.1) is 5.52 Å². The van der Waals surface area contributed by atoms with Gasteiger partial charge in [-0.3, -0.25) is 4.98 Å². The molecular weight excluding hydrogens is 226 g/mol. The van der Waals surface area contributed by atoms with E-state index in [-0.39, 0.29) is 0 Å². The summed E-state index contributed by atoms with van der Waals surface area (Å²) >= 11 is 3.49. The number of hydrogen-bond acceptors (Lipinski definition) is 1. The minimum absolute atomic E-state index is 0.992. The highest BCUT2D eigenvalue weighted by Crippen LogP contribution is 2.25. The van der Waals surface area contributed by atoms with Crippen LogP contribution < -0.4 is 0 Å². The molecule has 2 heteroatoms. The van der Waals surface area contributed by atoms with Crippen molar-refractivity contribution in [1.82, 2.24) is 4.98 Å². The maximum Gasteiger partial charge on any atom is 0.0785 e. The fraction of sp³-hybridized carbons (Fsp3) is 0. The first-order valence-corrected chi connectivity index (χ1v) is 4.78. The molecule has 0 aliphatic heterocycles. The molecule has 1 heterocycles. The molecule has 0 aliphatic carbocycles. The smallest absolute Gasteiger partial charge is 0.0785 e. The van der Waals surface area contributed by atoms with Gasteiger partial charge >= 0.3 is 0 Å². The molecule has 0 N–H and O–H groups in total. The fourth-order valence-corrected chi connectivity index (χ4v) is 1.78. The summed E-state index contributed by atoms with van der Waals surface area (Å²) in [6.07, 6.45) is 3.61. The van der Waals surface area contributed by atoms with Crippen molar-refractivity contribution in [3.8, 4) is 0 Å². The largest absolute Gasteiger partial charge is 0.256 e. The van der Waals surface area contributed by atoms with E-state index >= 15 is 0 Å². The molecule has 0 saturated heterocycles. The van der Waals surface area contributed by atoms with Gasteiger partial charge in [0.15, 0.2) is 0 Å². The summed E-state index contributed by atoms with van der Waals surface area (Å²) in [5, 5.41) is 1.12. The van der Waals surface area contributed by atoms with E-state index in [2.05, 4.69) is 27.5 Å². The molecule has 13 heavy (non-hydrogen) atoms. The molecule has 1 aromatic heterocycles.